The summed E-state index contributed by atoms with van der Waals surface area (Å²) in [4.78, 5) is 17.4. The van der Waals surface area contributed by atoms with E-state index in [9.17, 15) is 4.79 Å². The SMILES string of the molecule is COc1cccc(-c2nc3ccccn3c2NC(=O)C2CCCC2)c1. The van der Waals surface area contributed by atoms with Gasteiger partial charge in [-0.2, -0.15) is 0 Å². The molecule has 1 aliphatic carbocycles. The number of pyridine rings is 1. The molecule has 0 atom stereocenters. The lowest BCUT2D eigenvalue weighted by atomic mass is 10.1. The van der Waals surface area contributed by atoms with Crippen molar-refractivity contribution in [3.05, 3.63) is 48.7 Å². The zero-order valence-electron chi connectivity index (χ0n) is 14.2. The molecule has 0 saturated heterocycles. The molecule has 1 aliphatic rings. The van der Waals surface area contributed by atoms with Crippen LogP contribution in [0.1, 0.15) is 25.7 Å². The number of carbonyl (C=O) groups excluding carboxylic acids is 1. The van der Waals surface area contributed by atoms with Crippen LogP contribution in [0, 0.1) is 5.92 Å². The van der Waals surface area contributed by atoms with Gasteiger partial charge >= 0.3 is 0 Å². The first kappa shape index (κ1) is 15.7. The van der Waals surface area contributed by atoms with Crippen LogP contribution < -0.4 is 10.1 Å². The summed E-state index contributed by atoms with van der Waals surface area (Å²) in [6.07, 6.45) is 6.13. The number of nitrogens with zero attached hydrogens (tertiary/aromatic N) is 2. The largest absolute Gasteiger partial charge is 0.497 e. The van der Waals surface area contributed by atoms with Crippen molar-refractivity contribution in [2.75, 3.05) is 12.4 Å². The first-order chi connectivity index (χ1) is 12.3. The summed E-state index contributed by atoms with van der Waals surface area (Å²) in [5.74, 6) is 1.68. The Bertz CT molecular complexity index is 910. The number of hydrogen-bond acceptors (Lipinski definition) is 3. The van der Waals surface area contributed by atoms with Crippen molar-refractivity contribution in [2.45, 2.75) is 25.7 Å². The van der Waals surface area contributed by atoms with Crippen LogP contribution in [-0.2, 0) is 4.79 Å². The highest BCUT2D eigenvalue weighted by Gasteiger charge is 2.25. The zero-order chi connectivity index (χ0) is 17.2. The van der Waals surface area contributed by atoms with E-state index in [1.54, 1.807) is 7.11 Å². The van der Waals surface area contributed by atoms with Gasteiger partial charge in [-0.05, 0) is 37.1 Å². The molecule has 0 spiro atoms. The molecule has 0 radical (unpaired) electrons. The van der Waals surface area contributed by atoms with E-state index in [0.29, 0.717) is 0 Å². The summed E-state index contributed by atoms with van der Waals surface area (Å²) in [5.41, 5.74) is 2.49. The molecule has 1 fully saturated rings. The molecule has 0 unspecified atom stereocenters. The number of ether oxygens (including phenoxy) is 1. The zero-order valence-corrected chi connectivity index (χ0v) is 14.2. The molecular weight excluding hydrogens is 314 g/mol. The fourth-order valence-electron chi connectivity index (χ4n) is 3.49. The van der Waals surface area contributed by atoms with Crippen LogP contribution in [0.25, 0.3) is 16.9 Å². The van der Waals surface area contributed by atoms with Gasteiger partial charge in [-0.25, -0.2) is 4.98 Å². The van der Waals surface area contributed by atoms with Crippen LogP contribution in [0.5, 0.6) is 5.75 Å². The highest BCUT2D eigenvalue weighted by atomic mass is 16.5. The van der Waals surface area contributed by atoms with E-state index in [2.05, 4.69) is 5.32 Å². The molecule has 5 nitrogen and oxygen atoms in total. The minimum absolute atomic E-state index is 0.0901. The number of anilines is 1. The highest BCUT2D eigenvalue weighted by molar-refractivity contribution is 5.96. The summed E-state index contributed by atoms with van der Waals surface area (Å²) in [6, 6.07) is 13.6. The fourth-order valence-corrected chi connectivity index (χ4v) is 3.49. The van der Waals surface area contributed by atoms with Crippen molar-refractivity contribution in [2.24, 2.45) is 5.92 Å². The van der Waals surface area contributed by atoms with Gasteiger partial charge in [0, 0.05) is 17.7 Å². The van der Waals surface area contributed by atoms with Crippen molar-refractivity contribution in [3.8, 4) is 17.0 Å². The number of fused-ring (bicyclic) bond motifs is 1. The van der Waals surface area contributed by atoms with Crippen molar-refractivity contribution >= 4 is 17.4 Å². The Labute approximate surface area is 146 Å². The van der Waals surface area contributed by atoms with Gasteiger partial charge in [0.25, 0.3) is 0 Å². The Morgan fingerprint density at radius 1 is 1.20 bits per heavy atom. The van der Waals surface area contributed by atoms with Gasteiger partial charge in [0.1, 0.15) is 22.9 Å². The Kier molecular flexibility index (Phi) is 4.14. The number of aromatic nitrogens is 2. The van der Waals surface area contributed by atoms with Crippen molar-refractivity contribution in [1.82, 2.24) is 9.38 Å². The molecule has 1 N–H and O–H groups in total. The summed E-state index contributed by atoms with van der Waals surface area (Å²) in [5, 5.41) is 3.13. The molecule has 2 heterocycles. The van der Waals surface area contributed by atoms with Crippen molar-refractivity contribution in [1.29, 1.82) is 0 Å². The molecule has 2 aromatic heterocycles. The maximum atomic E-state index is 12.7. The Morgan fingerprint density at radius 2 is 2.04 bits per heavy atom. The molecule has 0 aliphatic heterocycles. The van der Waals surface area contributed by atoms with Crippen LogP contribution in [-0.4, -0.2) is 22.4 Å². The van der Waals surface area contributed by atoms with Gasteiger partial charge in [-0.3, -0.25) is 9.20 Å². The normalized spacial score (nSPS) is 14.8. The monoisotopic (exact) mass is 335 g/mol. The molecule has 4 rings (SSSR count). The number of nitrogens with one attached hydrogen (secondary N) is 1. The predicted octanol–water partition coefficient (Wildman–Crippen LogP) is 4.14. The smallest absolute Gasteiger partial charge is 0.228 e. The molecule has 1 saturated carbocycles. The van der Waals surface area contributed by atoms with Gasteiger partial charge in [0.05, 0.1) is 7.11 Å². The lowest BCUT2D eigenvalue weighted by molar-refractivity contribution is -0.119. The van der Waals surface area contributed by atoms with Crippen LogP contribution in [0.4, 0.5) is 5.82 Å². The molecular formula is C20H21N3O2. The summed E-state index contributed by atoms with van der Waals surface area (Å²) in [6.45, 7) is 0. The van der Waals surface area contributed by atoms with E-state index in [1.165, 1.54) is 0 Å². The Balaban J connectivity index is 1.78. The first-order valence-electron chi connectivity index (χ1n) is 8.68. The van der Waals surface area contributed by atoms with Gasteiger partial charge in [-0.1, -0.05) is 31.0 Å². The number of hydrogen-bond donors (Lipinski definition) is 1. The number of methoxy groups -OCH3 is 1. The van der Waals surface area contributed by atoms with Crippen LogP contribution in [0.15, 0.2) is 48.7 Å². The van der Waals surface area contributed by atoms with Gasteiger partial charge in [0.15, 0.2) is 0 Å². The highest BCUT2D eigenvalue weighted by Crippen LogP contribution is 2.32. The average molecular weight is 335 g/mol. The third-order valence-corrected chi connectivity index (χ3v) is 4.84. The second kappa shape index (κ2) is 6.59. The van der Waals surface area contributed by atoms with Crippen LogP contribution >= 0.6 is 0 Å². The minimum atomic E-state index is 0.0901. The Hall–Kier alpha value is -2.82. The maximum Gasteiger partial charge on any atom is 0.228 e. The maximum absolute atomic E-state index is 12.7. The third kappa shape index (κ3) is 2.97. The molecule has 25 heavy (non-hydrogen) atoms. The van der Waals surface area contributed by atoms with E-state index in [1.807, 2.05) is 53.1 Å². The second-order valence-corrected chi connectivity index (χ2v) is 6.44. The first-order valence-corrected chi connectivity index (χ1v) is 8.68. The lowest BCUT2D eigenvalue weighted by Gasteiger charge is -2.12. The number of carbonyl (C=O) groups is 1. The van der Waals surface area contributed by atoms with E-state index in [-0.39, 0.29) is 11.8 Å². The number of benzene rings is 1. The van der Waals surface area contributed by atoms with Gasteiger partial charge in [-0.15, -0.1) is 0 Å². The topological polar surface area (TPSA) is 55.6 Å². The molecule has 128 valence electrons. The van der Waals surface area contributed by atoms with E-state index in [0.717, 1.165) is 54.2 Å². The quantitative estimate of drug-likeness (QED) is 0.779. The van der Waals surface area contributed by atoms with Crippen LogP contribution in [0.2, 0.25) is 0 Å². The predicted molar refractivity (Wildman–Crippen MR) is 97.8 cm³/mol. The lowest BCUT2D eigenvalue weighted by Crippen LogP contribution is -2.21. The van der Waals surface area contributed by atoms with E-state index >= 15 is 0 Å². The Morgan fingerprint density at radius 3 is 2.84 bits per heavy atom. The molecule has 0 bridgehead atoms. The summed E-state index contributed by atoms with van der Waals surface area (Å²) < 4.78 is 7.26. The van der Waals surface area contributed by atoms with E-state index < -0.39 is 0 Å². The minimum Gasteiger partial charge on any atom is -0.497 e. The molecule has 1 amide bonds. The van der Waals surface area contributed by atoms with Crippen molar-refractivity contribution in [3.63, 3.8) is 0 Å². The standard InChI is InChI=1S/C20H21N3O2/c1-25-16-10-6-9-15(13-16)18-19(22-20(24)14-7-2-3-8-14)23-12-5-4-11-17(23)21-18/h4-6,9-14H,2-3,7-8H2,1H3,(H,22,24). The second-order valence-electron chi connectivity index (χ2n) is 6.44. The summed E-state index contributed by atoms with van der Waals surface area (Å²) in [7, 11) is 1.64. The average Bonchev–Trinajstić information content (AvgIpc) is 3.30. The number of rotatable bonds is 4. The van der Waals surface area contributed by atoms with E-state index in [4.69, 9.17) is 9.72 Å². The number of imidazole rings is 1. The third-order valence-electron chi connectivity index (χ3n) is 4.84. The molecule has 5 heteroatoms. The molecule has 1 aromatic carbocycles. The van der Waals surface area contributed by atoms with Crippen molar-refractivity contribution < 1.29 is 9.53 Å². The van der Waals surface area contributed by atoms with Crippen LogP contribution in [0.3, 0.4) is 0 Å². The number of amides is 1. The summed E-state index contributed by atoms with van der Waals surface area (Å²) >= 11 is 0. The fraction of sp³-hybridized carbons (Fsp3) is 0.300. The van der Waals surface area contributed by atoms with Gasteiger partial charge in [0.2, 0.25) is 5.91 Å². The van der Waals surface area contributed by atoms with Gasteiger partial charge < -0.3 is 10.1 Å². The molecule has 3 aromatic rings.